The maximum Gasteiger partial charge on any atom is 0.223 e. The minimum absolute atomic E-state index is 0.552. The Labute approximate surface area is 109 Å². The van der Waals surface area contributed by atoms with Crippen molar-refractivity contribution < 1.29 is 9.26 Å². The van der Waals surface area contributed by atoms with Gasteiger partial charge in [0, 0.05) is 39.0 Å². The average Bonchev–Trinajstić information content (AvgIpc) is 2.96. The van der Waals surface area contributed by atoms with E-state index >= 15 is 0 Å². The number of aryl methyl sites for hydroxylation is 1. The van der Waals surface area contributed by atoms with Gasteiger partial charge in [0.1, 0.15) is 5.82 Å². The number of hydrogen-bond acceptors (Lipinski definition) is 8. The third-order valence-corrected chi connectivity index (χ3v) is 3.13. The van der Waals surface area contributed by atoms with Crippen molar-refractivity contribution >= 4 is 16.7 Å². The van der Waals surface area contributed by atoms with Gasteiger partial charge in [-0.05, 0) is 0 Å². The zero-order valence-corrected chi connectivity index (χ0v) is 11.4. The summed E-state index contributed by atoms with van der Waals surface area (Å²) in [6, 6.07) is 0. The fourth-order valence-corrected chi connectivity index (χ4v) is 2.05. The van der Waals surface area contributed by atoms with Crippen LogP contribution in [0.2, 0.25) is 0 Å². The summed E-state index contributed by atoms with van der Waals surface area (Å²) in [5.74, 6) is 2.01. The van der Waals surface area contributed by atoms with E-state index in [1.54, 1.807) is 14.0 Å². The highest BCUT2D eigenvalue weighted by atomic mass is 32.1. The second-order valence-electron chi connectivity index (χ2n) is 3.82. The van der Waals surface area contributed by atoms with Gasteiger partial charge in [-0.15, -0.1) is 0 Å². The van der Waals surface area contributed by atoms with Crippen LogP contribution in [0.5, 0.6) is 0 Å². The third-order valence-electron chi connectivity index (χ3n) is 2.26. The first-order valence-electron chi connectivity index (χ1n) is 5.51. The van der Waals surface area contributed by atoms with Crippen LogP contribution in [0, 0.1) is 6.92 Å². The summed E-state index contributed by atoms with van der Waals surface area (Å²) in [6.07, 6.45) is 0.724. The lowest BCUT2D eigenvalue weighted by atomic mass is 10.4. The van der Waals surface area contributed by atoms with Gasteiger partial charge in [0.2, 0.25) is 11.0 Å². The molecule has 0 radical (unpaired) electrons. The van der Waals surface area contributed by atoms with E-state index in [-0.39, 0.29) is 0 Å². The average molecular weight is 269 g/mol. The molecule has 0 N–H and O–H groups in total. The van der Waals surface area contributed by atoms with Crippen molar-refractivity contribution in [3.8, 4) is 0 Å². The summed E-state index contributed by atoms with van der Waals surface area (Å²) < 4.78 is 14.2. The number of aromatic nitrogens is 4. The van der Waals surface area contributed by atoms with E-state index in [1.807, 2.05) is 11.9 Å². The van der Waals surface area contributed by atoms with Crippen LogP contribution in [0.25, 0.3) is 0 Å². The summed E-state index contributed by atoms with van der Waals surface area (Å²) >= 11 is 1.36. The van der Waals surface area contributed by atoms with Gasteiger partial charge in [-0.3, -0.25) is 0 Å². The summed E-state index contributed by atoms with van der Waals surface area (Å²) in [6.45, 7) is 2.95. The van der Waals surface area contributed by atoms with Crippen LogP contribution < -0.4 is 4.90 Å². The van der Waals surface area contributed by atoms with Crippen molar-refractivity contribution in [1.29, 1.82) is 0 Å². The van der Waals surface area contributed by atoms with E-state index in [0.717, 1.165) is 17.4 Å². The van der Waals surface area contributed by atoms with E-state index in [0.29, 0.717) is 24.9 Å². The Morgan fingerprint density at radius 2 is 2.17 bits per heavy atom. The first kappa shape index (κ1) is 12.9. The van der Waals surface area contributed by atoms with Gasteiger partial charge in [0.05, 0.1) is 13.2 Å². The topological polar surface area (TPSA) is 77.2 Å². The van der Waals surface area contributed by atoms with E-state index in [1.165, 1.54) is 11.5 Å². The van der Waals surface area contributed by atoms with Crippen molar-refractivity contribution in [2.45, 2.75) is 19.9 Å². The van der Waals surface area contributed by atoms with Gasteiger partial charge < -0.3 is 14.2 Å². The van der Waals surface area contributed by atoms with Crippen LogP contribution in [-0.2, 0) is 17.7 Å². The first-order valence-corrected chi connectivity index (χ1v) is 6.28. The summed E-state index contributed by atoms with van der Waals surface area (Å²) in [5.41, 5.74) is 0. The van der Waals surface area contributed by atoms with Gasteiger partial charge in [0.25, 0.3) is 0 Å². The zero-order chi connectivity index (χ0) is 13.0. The third kappa shape index (κ3) is 3.23. The number of methoxy groups -OCH3 is 1. The lowest BCUT2D eigenvalue weighted by molar-refractivity contribution is 0.201. The molecule has 2 heterocycles. The monoisotopic (exact) mass is 269 g/mol. The number of rotatable bonds is 6. The molecule has 0 aliphatic carbocycles. The van der Waals surface area contributed by atoms with E-state index in [2.05, 4.69) is 19.5 Å². The Morgan fingerprint density at radius 1 is 1.33 bits per heavy atom. The molecule has 0 fully saturated rings. The fraction of sp³-hybridized carbons (Fsp3) is 0.600. The fourth-order valence-electron chi connectivity index (χ4n) is 1.38. The van der Waals surface area contributed by atoms with Crippen molar-refractivity contribution in [3.05, 3.63) is 17.5 Å². The number of anilines is 1. The Balaban J connectivity index is 1.96. The standard InChI is InChI=1S/C10H15N5O2S/c1-7-11-9(13-17-7)6-15(2)10-12-8(14-18-10)4-5-16-3/h4-6H2,1-3H3. The Kier molecular flexibility index (Phi) is 4.21. The van der Waals surface area contributed by atoms with Gasteiger partial charge in [-0.1, -0.05) is 5.16 Å². The summed E-state index contributed by atoms with van der Waals surface area (Å²) in [5, 5.41) is 4.68. The zero-order valence-electron chi connectivity index (χ0n) is 10.6. The van der Waals surface area contributed by atoms with Gasteiger partial charge >= 0.3 is 0 Å². The number of hydrogen-bond donors (Lipinski definition) is 0. The number of nitrogens with zero attached hydrogens (tertiary/aromatic N) is 5. The molecular formula is C10H15N5O2S. The molecule has 0 amide bonds. The second-order valence-corrected chi connectivity index (χ2v) is 4.55. The molecule has 7 nitrogen and oxygen atoms in total. The van der Waals surface area contributed by atoms with E-state index < -0.39 is 0 Å². The molecule has 0 aliphatic rings. The molecule has 0 saturated heterocycles. The van der Waals surface area contributed by atoms with Crippen LogP contribution >= 0.6 is 11.5 Å². The first-order chi connectivity index (χ1) is 8.69. The molecule has 0 aromatic carbocycles. The minimum atomic E-state index is 0.552. The van der Waals surface area contributed by atoms with E-state index in [4.69, 9.17) is 9.26 Å². The number of ether oxygens (including phenoxy) is 1. The molecule has 18 heavy (non-hydrogen) atoms. The maximum absolute atomic E-state index is 4.99. The lowest BCUT2D eigenvalue weighted by Crippen LogP contribution is -2.17. The van der Waals surface area contributed by atoms with Crippen molar-refractivity contribution in [3.63, 3.8) is 0 Å². The molecule has 2 aromatic rings. The molecule has 0 spiro atoms. The van der Waals surface area contributed by atoms with Gasteiger partial charge in [-0.2, -0.15) is 9.36 Å². The van der Waals surface area contributed by atoms with Crippen LogP contribution in [0.15, 0.2) is 4.52 Å². The van der Waals surface area contributed by atoms with Gasteiger partial charge in [0.15, 0.2) is 5.82 Å². The van der Waals surface area contributed by atoms with Crippen LogP contribution in [0.1, 0.15) is 17.5 Å². The summed E-state index contributed by atoms with van der Waals surface area (Å²) in [4.78, 5) is 10.5. The summed E-state index contributed by atoms with van der Waals surface area (Å²) in [7, 11) is 3.59. The highest BCUT2D eigenvalue weighted by Gasteiger charge is 2.11. The Hall–Kier alpha value is -1.54. The second kappa shape index (κ2) is 5.87. The predicted molar refractivity (Wildman–Crippen MR) is 66.6 cm³/mol. The lowest BCUT2D eigenvalue weighted by Gasteiger charge is -2.11. The van der Waals surface area contributed by atoms with Crippen molar-refractivity contribution in [2.24, 2.45) is 0 Å². The Bertz CT molecular complexity index is 498. The van der Waals surface area contributed by atoms with Crippen LogP contribution in [0.3, 0.4) is 0 Å². The largest absolute Gasteiger partial charge is 0.384 e. The van der Waals surface area contributed by atoms with E-state index in [9.17, 15) is 0 Å². The van der Waals surface area contributed by atoms with Crippen LogP contribution in [0.4, 0.5) is 5.13 Å². The minimum Gasteiger partial charge on any atom is -0.384 e. The van der Waals surface area contributed by atoms with Crippen LogP contribution in [-0.4, -0.2) is 40.3 Å². The smallest absolute Gasteiger partial charge is 0.223 e. The molecule has 0 atom stereocenters. The highest BCUT2D eigenvalue weighted by Crippen LogP contribution is 2.17. The van der Waals surface area contributed by atoms with Crippen molar-refractivity contribution in [1.82, 2.24) is 19.5 Å². The van der Waals surface area contributed by atoms with Gasteiger partial charge in [-0.25, -0.2) is 4.98 Å². The molecule has 0 saturated carbocycles. The van der Waals surface area contributed by atoms with Crippen molar-refractivity contribution in [2.75, 3.05) is 25.7 Å². The molecule has 8 heteroatoms. The molecule has 2 aromatic heterocycles. The molecule has 0 unspecified atom stereocenters. The molecule has 0 bridgehead atoms. The normalized spacial score (nSPS) is 10.8. The molecule has 98 valence electrons. The highest BCUT2D eigenvalue weighted by molar-refractivity contribution is 7.09. The molecular weight excluding hydrogens is 254 g/mol. The molecule has 0 aliphatic heterocycles. The predicted octanol–water partition coefficient (Wildman–Crippen LogP) is 1.05. The SMILES string of the molecule is COCCc1nsc(N(C)Cc2noc(C)n2)n1. The quantitative estimate of drug-likeness (QED) is 0.775. The maximum atomic E-state index is 4.99. The molecule has 2 rings (SSSR count). The Morgan fingerprint density at radius 3 is 2.83 bits per heavy atom.